The molecule has 6 nitrogen and oxygen atoms in total. The number of piperidine rings is 1. The van der Waals surface area contributed by atoms with Crippen LogP contribution in [0.5, 0.6) is 0 Å². The number of amides is 2. The van der Waals surface area contributed by atoms with Gasteiger partial charge in [-0.1, -0.05) is 12.1 Å². The first-order chi connectivity index (χ1) is 12.2. The van der Waals surface area contributed by atoms with Gasteiger partial charge in [-0.15, -0.1) is 0 Å². The monoisotopic (exact) mass is 339 g/mol. The molecule has 0 radical (unpaired) electrons. The topological polar surface area (TPSA) is 63.1 Å². The van der Waals surface area contributed by atoms with E-state index in [0.29, 0.717) is 13.1 Å². The lowest BCUT2D eigenvalue weighted by Gasteiger charge is -2.32. The van der Waals surface area contributed by atoms with Gasteiger partial charge in [0.2, 0.25) is 0 Å². The zero-order valence-corrected chi connectivity index (χ0v) is 13.6. The highest BCUT2D eigenvalue weighted by atomic mass is 19.1. The summed E-state index contributed by atoms with van der Waals surface area (Å²) >= 11 is 0. The van der Waals surface area contributed by atoms with Crippen LogP contribution in [0, 0.1) is 5.82 Å². The van der Waals surface area contributed by atoms with E-state index in [4.69, 9.17) is 0 Å². The SMILES string of the molecule is O=C(Nc1ccccc1F)N1CCC(n2cnc3cccnc32)CC1. The molecule has 0 spiro atoms. The number of fused-ring (bicyclic) bond motifs is 1. The average molecular weight is 339 g/mol. The summed E-state index contributed by atoms with van der Waals surface area (Å²) in [6.45, 7) is 1.22. The van der Waals surface area contributed by atoms with Crippen molar-refractivity contribution in [3.63, 3.8) is 0 Å². The molecule has 0 bridgehead atoms. The van der Waals surface area contributed by atoms with E-state index >= 15 is 0 Å². The Morgan fingerprint density at radius 2 is 1.92 bits per heavy atom. The number of carbonyl (C=O) groups excluding carboxylic acids is 1. The standard InChI is InChI=1S/C18H18FN5O/c19-14-4-1-2-5-15(14)22-18(25)23-10-7-13(8-11-23)24-12-21-16-6-3-9-20-17(16)24/h1-6,9,12-13H,7-8,10-11H2,(H,22,25). The third-order valence-corrected chi connectivity index (χ3v) is 4.59. The molecule has 3 heterocycles. The van der Waals surface area contributed by atoms with Crippen molar-refractivity contribution in [2.45, 2.75) is 18.9 Å². The summed E-state index contributed by atoms with van der Waals surface area (Å²) < 4.78 is 15.7. The summed E-state index contributed by atoms with van der Waals surface area (Å²) in [5.74, 6) is -0.429. The van der Waals surface area contributed by atoms with Crippen LogP contribution in [-0.2, 0) is 0 Å². The zero-order chi connectivity index (χ0) is 17.2. The Hall–Kier alpha value is -2.96. The van der Waals surface area contributed by atoms with Gasteiger partial charge in [-0.05, 0) is 37.1 Å². The van der Waals surface area contributed by atoms with Crippen molar-refractivity contribution >= 4 is 22.9 Å². The van der Waals surface area contributed by atoms with E-state index in [1.165, 1.54) is 6.07 Å². The molecule has 1 aliphatic rings. The number of nitrogens with one attached hydrogen (secondary N) is 1. The zero-order valence-electron chi connectivity index (χ0n) is 13.6. The minimum Gasteiger partial charge on any atom is -0.324 e. The van der Waals surface area contributed by atoms with E-state index in [2.05, 4.69) is 19.9 Å². The molecule has 7 heteroatoms. The summed E-state index contributed by atoms with van der Waals surface area (Å²) in [6, 6.07) is 9.99. The van der Waals surface area contributed by atoms with Gasteiger partial charge in [-0.3, -0.25) is 0 Å². The smallest absolute Gasteiger partial charge is 0.321 e. The Morgan fingerprint density at radius 1 is 1.12 bits per heavy atom. The first-order valence-corrected chi connectivity index (χ1v) is 8.30. The van der Waals surface area contributed by atoms with Gasteiger partial charge in [0.05, 0.1) is 12.0 Å². The number of hydrogen-bond donors (Lipinski definition) is 1. The number of aromatic nitrogens is 3. The molecule has 1 aliphatic heterocycles. The maximum atomic E-state index is 13.7. The predicted molar refractivity (Wildman–Crippen MR) is 92.8 cm³/mol. The van der Waals surface area contributed by atoms with Crippen LogP contribution in [-0.4, -0.2) is 38.6 Å². The van der Waals surface area contributed by atoms with Crippen molar-refractivity contribution < 1.29 is 9.18 Å². The minimum absolute atomic E-state index is 0.208. The number of pyridine rings is 1. The second-order valence-electron chi connectivity index (χ2n) is 6.13. The minimum atomic E-state index is -0.429. The van der Waals surface area contributed by atoms with Gasteiger partial charge in [0.1, 0.15) is 11.3 Å². The molecule has 0 unspecified atom stereocenters. The van der Waals surface area contributed by atoms with E-state index in [-0.39, 0.29) is 17.8 Å². The molecule has 0 aliphatic carbocycles. The lowest BCUT2D eigenvalue weighted by atomic mass is 10.1. The maximum absolute atomic E-state index is 13.7. The maximum Gasteiger partial charge on any atom is 0.321 e. The van der Waals surface area contributed by atoms with Gasteiger partial charge in [-0.2, -0.15) is 0 Å². The number of imidazole rings is 1. The van der Waals surface area contributed by atoms with Crippen molar-refractivity contribution in [1.82, 2.24) is 19.4 Å². The number of anilines is 1. The van der Waals surface area contributed by atoms with E-state index in [1.54, 1.807) is 29.3 Å². The lowest BCUT2D eigenvalue weighted by Crippen LogP contribution is -2.41. The Labute approximate surface area is 144 Å². The van der Waals surface area contributed by atoms with Crippen LogP contribution in [0.15, 0.2) is 48.9 Å². The molecule has 2 aromatic heterocycles. The third-order valence-electron chi connectivity index (χ3n) is 4.59. The summed E-state index contributed by atoms with van der Waals surface area (Å²) in [7, 11) is 0. The molecule has 25 heavy (non-hydrogen) atoms. The molecule has 1 aromatic carbocycles. The summed E-state index contributed by atoms with van der Waals surface area (Å²) in [5, 5.41) is 2.64. The third kappa shape index (κ3) is 3.05. The van der Waals surface area contributed by atoms with Crippen LogP contribution in [0.3, 0.4) is 0 Å². The summed E-state index contributed by atoms with van der Waals surface area (Å²) in [5.41, 5.74) is 1.96. The van der Waals surface area contributed by atoms with E-state index < -0.39 is 5.82 Å². The van der Waals surface area contributed by atoms with E-state index in [1.807, 2.05) is 18.5 Å². The number of urea groups is 1. The molecular formula is C18H18FN5O. The van der Waals surface area contributed by atoms with Crippen LogP contribution < -0.4 is 5.32 Å². The van der Waals surface area contributed by atoms with Gasteiger partial charge < -0.3 is 14.8 Å². The Kier molecular flexibility index (Phi) is 4.05. The van der Waals surface area contributed by atoms with Gasteiger partial charge >= 0.3 is 6.03 Å². The largest absolute Gasteiger partial charge is 0.324 e. The fourth-order valence-corrected chi connectivity index (χ4v) is 3.24. The number of nitrogens with zero attached hydrogens (tertiary/aromatic N) is 4. The quantitative estimate of drug-likeness (QED) is 0.778. The molecule has 4 rings (SSSR count). The summed E-state index contributed by atoms with van der Waals surface area (Å²) in [6.07, 6.45) is 5.20. The number of para-hydroxylation sites is 1. The highest BCUT2D eigenvalue weighted by Crippen LogP contribution is 2.26. The second kappa shape index (κ2) is 6.51. The highest BCUT2D eigenvalue weighted by molar-refractivity contribution is 5.89. The average Bonchev–Trinajstić information content (AvgIpc) is 3.08. The van der Waals surface area contributed by atoms with Crippen LogP contribution in [0.1, 0.15) is 18.9 Å². The fraction of sp³-hybridized carbons (Fsp3) is 0.278. The summed E-state index contributed by atoms with van der Waals surface area (Å²) in [4.78, 5) is 22.8. The molecule has 3 aromatic rings. The molecule has 1 saturated heterocycles. The predicted octanol–water partition coefficient (Wildman–Crippen LogP) is 3.44. The molecule has 1 fully saturated rings. The molecule has 2 amide bonds. The van der Waals surface area contributed by atoms with Crippen LogP contribution in [0.2, 0.25) is 0 Å². The molecule has 128 valence electrons. The molecule has 1 N–H and O–H groups in total. The van der Waals surface area contributed by atoms with Crippen molar-refractivity contribution in [2.75, 3.05) is 18.4 Å². The molecule has 0 atom stereocenters. The van der Waals surface area contributed by atoms with Crippen molar-refractivity contribution in [3.8, 4) is 0 Å². The van der Waals surface area contributed by atoms with Crippen molar-refractivity contribution in [2.24, 2.45) is 0 Å². The van der Waals surface area contributed by atoms with Gasteiger partial charge in [0.25, 0.3) is 0 Å². The second-order valence-corrected chi connectivity index (χ2v) is 6.13. The Bertz CT molecular complexity index is 901. The van der Waals surface area contributed by atoms with Gasteiger partial charge in [0, 0.05) is 25.3 Å². The van der Waals surface area contributed by atoms with Gasteiger partial charge in [-0.25, -0.2) is 19.2 Å². The van der Waals surface area contributed by atoms with E-state index in [9.17, 15) is 9.18 Å². The fourth-order valence-electron chi connectivity index (χ4n) is 3.24. The lowest BCUT2D eigenvalue weighted by molar-refractivity contribution is 0.184. The first kappa shape index (κ1) is 15.6. The van der Waals surface area contributed by atoms with Crippen LogP contribution in [0.25, 0.3) is 11.2 Å². The van der Waals surface area contributed by atoms with Crippen LogP contribution in [0.4, 0.5) is 14.9 Å². The highest BCUT2D eigenvalue weighted by Gasteiger charge is 2.25. The number of halogens is 1. The Morgan fingerprint density at radius 3 is 2.72 bits per heavy atom. The number of rotatable bonds is 2. The van der Waals surface area contributed by atoms with Crippen LogP contribution >= 0.6 is 0 Å². The van der Waals surface area contributed by atoms with Gasteiger partial charge in [0.15, 0.2) is 5.65 Å². The normalized spacial score (nSPS) is 15.5. The number of hydrogen-bond acceptors (Lipinski definition) is 3. The number of benzene rings is 1. The van der Waals surface area contributed by atoms with Crippen molar-refractivity contribution in [3.05, 3.63) is 54.7 Å². The molecule has 0 saturated carbocycles. The van der Waals surface area contributed by atoms with E-state index in [0.717, 1.165) is 24.0 Å². The number of carbonyl (C=O) groups is 1. The Balaban J connectivity index is 1.41. The number of likely N-dealkylation sites (tertiary alicyclic amines) is 1. The van der Waals surface area contributed by atoms with Crippen molar-refractivity contribution in [1.29, 1.82) is 0 Å². The first-order valence-electron chi connectivity index (χ1n) is 8.30. The molecular weight excluding hydrogens is 321 g/mol.